The van der Waals surface area contributed by atoms with Crippen molar-refractivity contribution in [2.75, 3.05) is 6.54 Å². The summed E-state index contributed by atoms with van der Waals surface area (Å²) in [6.07, 6.45) is 0.568. The van der Waals surface area contributed by atoms with Gasteiger partial charge in [-0.3, -0.25) is 19.2 Å². The van der Waals surface area contributed by atoms with Crippen molar-refractivity contribution in [1.29, 1.82) is 0 Å². The first-order valence-corrected chi connectivity index (χ1v) is 10.6. The fourth-order valence-corrected chi connectivity index (χ4v) is 4.62. The largest absolute Gasteiger partial charge is 0.334 e. The molecular formula is C23H17F4N3O4. The summed E-state index contributed by atoms with van der Waals surface area (Å²) < 4.78 is 57.4. The monoisotopic (exact) mass is 475 g/mol. The average molecular weight is 475 g/mol. The first kappa shape index (κ1) is 22.1. The molecule has 3 aliphatic rings. The number of carbonyl (C=O) groups excluding carboxylic acids is 4. The Morgan fingerprint density at radius 2 is 1.44 bits per heavy atom. The predicted octanol–water partition coefficient (Wildman–Crippen LogP) is 2.85. The highest BCUT2D eigenvalue weighted by Gasteiger charge is 2.42. The molecule has 0 unspecified atom stereocenters. The van der Waals surface area contributed by atoms with Crippen molar-refractivity contribution in [1.82, 2.24) is 14.9 Å². The molecule has 0 spiro atoms. The van der Waals surface area contributed by atoms with Crippen LogP contribution in [0, 0.1) is 23.3 Å². The normalized spacial score (nSPS) is 17.9. The van der Waals surface area contributed by atoms with Crippen LogP contribution < -0.4 is 0 Å². The van der Waals surface area contributed by atoms with Crippen molar-refractivity contribution in [3.63, 3.8) is 0 Å². The van der Waals surface area contributed by atoms with E-state index in [1.165, 1.54) is 0 Å². The Morgan fingerprint density at radius 1 is 0.794 bits per heavy atom. The van der Waals surface area contributed by atoms with Crippen LogP contribution in [-0.4, -0.2) is 45.1 Å². The number of rotatable bonds is 2. The second kappa shape index (κ2) is 7.93. The Hall–Kier alpha value is -3.76. The van der Waals surface area contributed by atoms with Crippen LogP contribution in [0.5, 0.6) is 0 Å². The number of amides is 4. The minimum Gasteiger partial charge on any atom is -0.334 e. The van der Waals surface area contributed by atoms with Crippen molar-refractivity contribution in [2.24, 2.45) is 0 Å². The van der Waals surface area contributed by atoms with E-state index < -0.39 is 59.0 Å². The van der Waals surface area contributed by atoms with E-state index in [9.17, 15) is 32.3 Å². The highest BCUT2D eigenvalue weighted by Crippen LogP contribution is 2.33. The molecule has 0 aromatic heterocycles. The smallest absolute Gasteiger partial charge is 0.273 e. The van der Waals surface area contributed by atoms with Gasteiger partial charge < -0.3 is 4.90 Å². The first-order valence-electron chi connectivity index (χ1n) is 10.6. The zero-order valence-electron chi connectivity index (χ0n) is 17.7. The maximum Gasteiger partial charge on any atom is 0.273 e. The van der Waals surface area contributed by atoms with Crippen LogP contribution in [-0.2, 0) is 29.1 Å². The maximum absolute atomic E-state index is 15.4. The lowest BCUT2D eigenvalue weighted by molar-refractivity contribution is -0.163. The van der Waals surface area contributed by atoms with Crippen LogP contribution in [0.4, 0.5) is 17.6 Å². The number of fused-ring (bicyclic) bond motifs is 2. The standard InChI is InChI=1S/C23H17F4N3O4/c24-15-6-11-4-5-28(9-12(11)7-16(15)25)23(34)20-17(26)8-13-14(21(20)27)10-29(22(13)33)30-18(31)2-1-3-19(30)32/h6-8H,1-5,9-10H2. The SMILES string of the molecule is O=C(c1c(F)cc2c(c1F)CN(N1C(=O)CCCC1=O)C2=O)N1CCc2cc(F)c(F)cc2C1. The third kappa shape index (κ3) is 3.34. The van der Waals surface area contributed by atoms with Gasteiger partial charge in [0, 0.05) is 31.5 Å². The van der Waals surface area contributed by atoms with Crippen molar-refractivity contribution >= 4 is 23.6 Å². The lowest BCUT2D eigenvalue weighted by Gasteiger charge is -2.32. The Labute approximate surface area is 190 Å². The molecule has 34 heavy (non-hydrogen) atoms. The summed E-state index contributed by atoms with van der Waals surface area (Å²) in [6.45, 7) is -0.663. The topological polar surface area (TPSA) is 78.0 Å². The molecule has 0 aliphatic carbocycles. The fourth-order valence-electron chi connectivity index (χ4n) is 4.62. The Bertz CT molecular complexity index is 1280. The molecule has 0 N–H and O–H groups in total. The molecule has 11 heteroatoms. The molecule has 3 heterocycles. The Morgan fingerprint density at radius 3 is 2.12 bits per heavy atom. The zero-order valence-corrected chi connectivity index (χ0v) is 17.7. The molecule has 0 saturated carbocycles. The molecule has 7 nitrogen and oxygen atoms in total. The molecule has 1 fully saturated rings. The van der Waals surface area contributed by atoms with Gasteiger partial charge in [-0.15, -0.1) is 0 Å². The Balaban J connectivity index is 1.46. The molecular weight excluding hydrogens is 458 g/mol. The molecule has 2 aromatic carbocycles. The number of hydrogen-bond acceptors (Lipinski definition) is 4. The van der Waals surface area contributed by atoms with Gasteiger partial charge in [-0.2, -0.15) is 5.01 Å². The second-order valence-electron chi connectivity index (χ2n) is 8.40. The van der Waals surface area contributed by atoms with Gasteiger partial charge in [-0.25, -0.2) is 22.6 Å². The number of carbonyl (C=O) groups is 4. The van der Waals surface area contributed by atoms with Gasteiger partial charge in [0.05, 0.1) is 12.1 Å². The Kier molecular flexibility index (Phi) is 5.14. The molecule has 2 aromatic rings. The summed E-state index contributed by atoms with van der Waals surface area (Å²) >= 11 is 0. The zero-order chi connectivity index (χ0) is 24.3. The number of hydrazine groups is 1. The van der Waals surface area contributed by atoms with Gasteiger partial charge in [-0.1, -0.05) is 0 Å². The number of piperidine rings is 1. The van der Waals surface area contributed by atoms with Gasteiger partial charge >= 0.3 is 0 Å². The average Bonchev–Trinajstić information content (AvgIpc) is 3.10. The van der Waals surface area contributed by atoms with E-state index in [-0.39, 0.29) is 43.5 Å². The van der Waals surface area contributed by atoms with E-state index >= 15 is 4.39 Å². The highest BCUT2D eigenvalue weighted by molar-refractivity contribution is 6.05. The summed E-state index contributed by atoms with van der Waals surface area (Å²) in [4.78, 5) is 51.3. The lowest BCUT2D eigenvalue weighted by Crippen LogP contribution is -2.52. The van der Waals surface area contributed by atoms with Crippen molar-refractivity contribution < 1.29 is 36.7 Å². The number of benzene rings is 2. The number of hydrogen-bond donors (Lipinski definition) is 0. The van der Waals surface area contributed by atoms with Crippen LogP contribution in [0.25, 0.3) is 0 Å². The second-order valence-corrected chi connectivity index (χ2v) is 8.40. The summed E-state index contributed by atoms with van der Waals surface area (Å²) in [6, 6.07) is 2.70. The van der Waals surface area contributed by atoms with E-state index in [1.54, 1.807) is 0 Å². The molecule has 4 amide bonds. The molecule has 5 rings (SSSR count). The van der Waals surface area contributed by atoms with Crippen LogP contribution >= 0.6 is 0 Å². The minimum absolute atomic E-state index is 0.0225. The molecule has 0 bridgehead atoms. The molecule has 176 valence electrons. The summed E-state index contributed by atoms with van der Waals surface area (Å²) in [5.74, 6) is -7.82. The van der Waals surface area contributed by atoms with Gasteiger partial charge in [0.1, 0.15) is 17.2 Å². The lowest BCUT2D eigenvalue weighted by atomic mass is 9.97. The quantitative estimate of drug-likeness (QED) is 0.495. The van der Waals surface area contributed by atoms with Gasteiger partial charge in [0.15, 0.2) is 11.6 Å². The van der Waals surface area contributed by atoms with Crippen LogP contribution in [0.15, 0.2) is 18.2 Å². The number of nitrogens with zero attached hydrogens (tertiary/aromatic N) is 3. The van der Waals surface area contributed by atoms with Gasteiger partial charge in [0.25, 0.3) is 11.8 Å². The van der Waals surface area contributed by atoms with Crippen LogP contribution in [0.2, 0.25) is 0 Å². The predicted molar refractivity (Wildman–Crippen MR) is 107 cm³/mol. The third-order valence-electron chi connectivity index (χ3n) is 6.34. The van der Waals surface area contributed by atoms with Crippen molar-refractivity contribution in [2.45, 2.75) is 38.8 Å². The van der Waals surface area contributed by atoms with Crippen molar-refractivity contribution in [3.05, 3.63) is 69.3 Å². The fraction of sp³-hybridized carbons (Fsp3) is 0.304. The van der Waals surface area contributed by atoms with E-state index in [0.717, 1.165) is 28.1 Å². The maximum atomic E-state index is 15.4. The molecule has 0 atom stereocenters. The number of halogens is 4. The van der Waals surface area contributed by atoms with Gasteiger partial charge in [0.2, 0.25) is 11.8 Å². The van der Waals surface area contributed by atoms with E-state index in [2.05, 4.69) is 0 Å². The van der Waals surface area contributed by atoms with Crippen LogP contribution in [0.1, 0.15) is 56.7 Å². The summed E-state index contributed by atoms with van der Waals surface area (Å²) in [5, 5.41) is 1.42. The minimum atomic E-state index is -1.27. The van der Waals surface area contributed by atoms with Crippen LogP contribution in [0.3, 0.4) is 0 Å². The number of imide groups is 1. The van der Waals surface area contributed by atoms with E-state index in [4.69, 9.17) is 0 Å². The highest BCUT2D eigenvalue weighted by atomic mass is 19.2. The molecule has 1 saturated heterocycles. The summed E-state index contributed by atoms with van der Waals surface area (Å²) in [5.41, 5.74) is -0.750. The van der Waals surface area contributed by atoms with Crippen molar-refractivity contribution in [3.8, 4) is 0 Å². The third-order valence-corrected chi connectivity index (χ3v) is 6.34. The van der Waals surface area contributed by atoms with E-state index in [1.807, 2.05) is 0 Å². The molecule has 0 radical (unpaired) electrons. The molecule has 3 aliphatic heterocycles. The van der Waals surface area contributed by atoms with E-state index in [0.29, 0.717) is 22.6 Å². The first-order chi connectivity index (χ1) is 16.2. The summed E-state index contributed by atoms with van der Waals surface area (Å²) in [7, 11) is 0. The van der Waals surface area contributed by atoms with Gasteiger partial charge in [-0.05, 0) is 42.2 Å².